The van der Waals surface area contributed by atoms with Crippen LogP contribution in [0.3, 0.4) is 0 Å². The van der Waals surface area contributed by atoms with Gasteiger partial charge in [0, 0.05) is 13.1 Å². The van der Waals surface area contributed by atoms with E-state index >= 15 is 0 Å². The molecule has 1 aliphatic heterocycles. The molecule has 0 N–H and O–H groups in total. The number of likely N-dealkylation sites (tertiary alicyclic amines) is 1. The van der Waals surface area contributed by atoms with Gasteiger partial charge in [-0.2, -0.15) is 16.9 Å². The molecule has 5 nitrogen and oxygen atoms in total. The summed E-state index contributed by atoms with van der Waals surface area (Å²) in [6.07, 6.45) is 4.09. The first-order chi connectivity index (χ1) is 9.02. The van der Waals surface area contributed by atoms with Crippen molar-refractivity contribution in [3.05, 3.63) is 11.6 Å². The first-order valence-corrected chi connectivity index (χ1v) is 8.03. The van der Waals surface area contributed by atoms with Crippen molar-refractivity contribution in [1.29, 1.82) is 0 Å². The second kappa shape index (κ2) is 5.94. The third kappa shape index (κ3) is 3.11. The molecule has 2 atom stereocenters. The number of amides is 1. The molecule has 0 spiro atoms. The Balaban J connectivity index is 2.09. The molecule has 2 heterocycles. The fraction of sp³-hybridized carbons (Fsp3) is 0.769. The Hall–Kier alpha value is -1.04. The molecule has 1 saturated heterocycles. The second-order valence-corrected chi connectivity index (χ2v) is 6.29. The lowest BCUT2D eigenvalue weighted by atomic mass is 10.1. The Kier molecular flexibility index (Phi) is 4.50. The molecule has 0 aliphatic carbocycles. The van der Waals surface area contributed by atoms with E-state index in [0.29, 0.717) is 0 Å². The minimum Gasteiger partial charge on any atom is -0.340 e. The van der Waals surface area contributed by atoms with Gasteiger partial charge in [-0.15, -0.1) is 0 Å². The number of carbonyl (C=O) groups is 1. The SMILES string of the molecule is CS[C@H](C)C(=O)N1CCC[C@H](n2nc(C)nc2C)C1. The van der Waals surface area contributed by atoms with E-state index in [0.717, 1.165) is 37.6 Å². The molecule has 6 heteroatoms. The molecule has 0 saturated carbocycles. The third-order valence-electron chi connectivity index (χ3n) is 3.66. The normalized spacial score (nSPS) is 21.5. The molecular formula is C13H22N4OS. The van der Waals surface area contributed by atoms with Crippen molar-refractivity contribution in [2.24, 2.45) is 0 Å². The number of aromatic nitrogens is 3. The van der Waals surface area contributed by atoms with Crippen LogP contribution >= 0.6 is 11.8 Å². The Morgan fingerprint density at radius 2 is 2.21 bits per heavy atom. The Morgan fingerprint density at radius 1 is 1.47 bits per heavy atom. The molecule has 0 radical (unpaired) electrons. The van der Waals surface area contributed by atoms with E-state index < -0.39 is 0 Å². The minimum atomic E-state index is 0.0392. The van der Waals surface area contributed by atoms with E-state index in [1.807, 2.05) is 36.6 Å². The fourth-order valence-electron chi connectivity index (χ4n) is 2.59. The van der Waals surface area contributed by atoms with Crippen molar-refractivity contribution in [3.63, 3.8) is 0 Å². The van der Waals surface area contributed by atoms with Gasteiger partial charge in [0.25, 0.3) is 0 Å². The van der Waals surface area contributed by atoms with Crippen molar-refractivity contribution in [3.8, 4) is 0 Å². The summed E-state index contributed by atoms with van der Waals surface area (Å²) in [5, 5.41) is 4.49. The standard InChI is InChI=1S/C13H22N4OS/c1-9(19-4)13(18)16-7-5-6-12(8-16)17-11(3)14-10(2)15-17/h9,12H,5-8H2,1-4H3/t9-,12+/m1/s1. The number of piperidine rings is 1. The predicted molar refractivity (Wildman–Crippen MR) is 77.3 cm³/mol. The van der Waals surface area contributed by atoms with Crippen molar-refractivity contribution >= 4 is 17.7 Å². The molecule has 1 amide bonds. The number of aryl methyl sites for hydroxylation is 2. The molecule has 106 valence electrons. The largest absolute Gasteiger partial charge is 0.340 e. The van der Waals surface area contributed by atoms with Gasteiger partial charge in [-0.05, 0) is 39.9 Å². The first kappa shape index (κ1) is 14.4. The minimum absolute atomic E-state index is 0.0392. The topological polar surface area (TPSA) is 51.0 Å². The molecule has 0 aromatic carbocycles. The van der Waals surface area contributed by atoms with Crippen molar-refractivity contribution < 1.29 is 4.79 Å². The van der Waals surface area contributed by atoms with Gasteiger partial charge in [0.1, 0.15) is 11.6 Å². The van der Waals surface area contributed by atoms with Crippen LogP contribution in [0.1, 0.15) is 37.5 Å². The number of carbonyl (C=O) groups excluding carboxylic acids is 1. The zero-order valence-corrected chi connectivity index (χ0v) is 12.9. The summed E-state index contributed by atoms with van der Waals surface area (Å²) in [6.45, 7) is 7.48. The highest BCUT2D eigenvalue weighted by Crippen LogP contribution is 2.23. The zero-order valence-electron chi connectivity index (χ0n) is 12.1. The maximum Gasteiger partial charge on any atom is 0.235 e. The smallest absolute Gasteiger partial charge is 0.235 e. The van der Waals surface area contributed by atoms with Crippen LogP contribution in [0.25, 0.3) is 0 Å². The summed E-state index contributed by atoms with van der Waals surface area (Å²) < 4.78 is 1.98. The van der Waals surface area contributed by atoms with Crippen LogP contribution in [0.2, 0.25) is 0 Å². The van der Waals surface area contributed by atoms with Gasteiger partial charge in [-0.1, -0.05) is 0 Å². The van der Waals surface area contributed by atoms with Crippen LogP contribution in [0.15, 0.2) is 0 Å². The highest BCUT2D eigenvalue weighted by atomic mass is 32.2. The van der Waals surface area contributed by atoms with E-state index in [4.69, 9.17) is 0 Å². The molecule has 1 aromatic rings. The summed E-state index contributed by atoms with van der Waals surface area (Å²) in [6, 6.07) is 0.271. The van der Waals surface area contributed by atoms with Gasteiger partial charge in [-0.25, -0.2) is 9.67 Å². The van der Waals surface area contributed by atoms with Crippen LogP contribution in [-0.2, 0) is 4.79 Å². The molecule has 0 bridgehead atoms. The van der Waals surface area contributed by atoms with Crippen LogP contribution in [0, 0.1) is 13.8 Å². The number of thioether (sulfide) groups is 1. The molecule has 1 fully saturated rings. The summed E-state index contributed by atoms with van der Waals surface area (Å²) in [5.41, 5.74) is 0. The number of rotatable bonds is 3. The zero-order chi connectivity index (χ0) is 14.0. The lowest BCUT2D eigenvalue weighted by Crippen LogP contribution is -2.44. The van der Waals surface area contributed by atoms with E-state index in [9.17, 15) is 4.79 Å². The molecule has 0 unspecified atom stereocenters. The monoisotopic (exact) mass is 282 g/mol. The van der Waals surface area contributed by atoms with Crippen LogP contribution in [-0.4, -0.2) is 50.2 Å². The van der Waals surface area contributed by atoms with E-state index in [2.05, 4.69) is 10.1 Å². The van der Waals surface area contributed by atoms with Crippen LogP contribution in [0.4, 0.5) is 0 Å². The van der Waals surface area contributed by atoms with E-state index in [1.165, 1.54) is 0 Å². The Morgan fingerprint density at radius 3 is 2.79 bits per heavy atom. The van der Waals surface area contributed by atoms with Crippen molar-refractivity contribution in [2.75, 3.05) is 19.3 Å². The van der Waals surface area contributed by atoms with Crippen molar-refractivity contribution in [2.45, 2.75) is 44.9 Å². The van der Waals surface area contributed by atoms with Crippen LogP contribution in [0.5, 0.6) is 0 Å². The maximum atomic E-state index is 12.3. The molecule has 1 aromatic heterocycles. The van der Waals surface area contributed by atoms with Gasteiger partial charge in [0.15, 0.2) is 0 Å². The first-order valence-electron chi connectivity index (χ1n) is 6.74. The Bertz CT molecular complexity index is 459. The predicted octanol–water partition coefficient (Wildman–Crippen LogP) is 1.81. The van der Waals surface area contributed by atoms with Gasteiger partial charge in [-0.3, -0.25) is 4.79 Å². The Labute approximate surface area is 118 Å². The lowest BCUT2D eigenvalue weighted by Gasteiger charge is -2.34. The van der Waals surface area contributed by atoms with Crippen LogP contribution < -0.4 is 0 Å². The number of nitrogens with zero attached hydrogens (tertiary/aromatic N) is 4. The summed E-state index contributed by atoms with van der Waals surface area (Å²) in [5.74, 6) is 1.99. The highest BCUT2D eigenvalue weighted by molar-refractivity contribution is 7.99. The van der Waals surface area contributed by atoms with Gasteiger partial charge < -0.3 is 4.90 Å². The molecular weight excluding hydrogens is 260 g/mol. The van der Waals surface area contributed by atoms with Gasteiger partial charge in [0.05, 0.1) is 11.3 Å². The summed E-state index contributed by atoms with van der Waals surface area (Å²) >= 11 is 1.60. The average Bonchev–Trinajstić information content (AvgIpc) is 2.76. The van der Waals surface area contributed by atoms with E-state index in [1.54, 1.807) is 11.8 Å². The fourth-order valence-corrected chi connectivity index (χ4v) is 2.95. The molecule has 2 rings (SSSR count). The molecule has 19 heavy (non-hydrogen) atoms. The van der Waals surface area contributed by atoms with Gasteiger partial charge >= 0.3 is 0 Å². The second-order valence-electron chi connectivity index (χ2n) is 5.11. The highest BCUT2D eigenvalue weighted by Gasteiger charge is 2.28. The third-order valence-corrected chi connectivity index (χ3v) is 4.57. The molecule has 1 aliphatic rings. The quantitative estimate of drug-likeness (QED) is 0.848. The number of hydrogen-bond acceptors (Lipinski definition) is 4. The van der Waals surface area contributed by atoms with Crippen molar-refractivity contribution in [1.82, 2.24) is 19.7 Å². The van der Waals surface area contributed by atoms with Gasteiger partial charge in [0.2, 0.25) is 5.91 Å². The van der Waals surface area contributed by atoms with E-state index in [-0.39, 0.29) is 17.2 Å². The summed E-state index contributed by atoms with van der Waals surface area (Å²) in [7, 11) is 0. The summed E-state index contributed by atoms with van der Waals surface area (Å²) in [4.78, 5) is 18.6. The average molecular weight is 282 g/mol. The maximum absolute atomic E-state index is 12.3. The lowest BCUT2D eigenvalue weighted by molar-refractivity contribution is -0.132. The number of hydrogen-bond donors (Lipinski definition) is 0.